The molecule has 0 bridgehead atoms. The molecule has 6 heteroatoms. The number of nitrogens with zero attached hydrogens (tertiary/aromatic N) is 1. The third kappa shape index (κ3) is 11.1. The lowest BCUT2D eigenvalue weighted by molar-refractivity contribution is 0.0419. The first-order valence-corrected chi connectivity index (χ1v) is 4.92. The Morgan fingerprint density at radius 2 is 1.80 bits per heavy atom. The van der Waals surface area contributed by atoms with Gasteiger partial charge in [0.2, 0.25) is 0 Å². The molecule has 0 aliphatic heterocycles. The summed E-state index contributed by atoms with van der Waals surface area (Å²) < 4.78 is 15.3. The predicted octanol–water partition coefficient (Wildman–Crippen LogP) is 0.193. The van der Waals surface area contributed by atoms with Gasteiger partial charge in [-0.05, 0) is 6.42 Å². The minimum absolute atomic E-state index is 0.177. The van der Waals surface area contributed by atoms with E-state index in [4.69, 9.17) is 25.2 Å². The summed E-state index contributed by atoms with van der Waals surface area (Å²) in [4.78, 5) is 0. The van der Waals surface area contributed by atoms with Gasteiger partial charge in [0.15, 0.2) is 0 Å². The van der Waals surface area contributed by atoms with E-state index in [2.05, 4.69) is 5.16 Å². The largest absolute Gasteiger partial charge is 0.409 e. The van der Waals surface area contributed by atoms with Crippen LogP contribution in [-0.4, -0.2) is 51.2 Å². The molecule has 0 rings (SSSR count). The fourth-order valence-electron chi connectivity index (χ4n) is 0.854. The Bertz CT molecular complexity index is 164. The van der Waals surface area contributed by atoms with Crippen LogP contribution in [-0.2, 0) is 14.2 Å². The molecule has 0 aromatic rings. The normalized spacial score (nSPS) is 11.9. The molecule has 0 unspecified atom stereocenters. The SMILES string of the molecule is COCCCOCCOCCC(N)=NO. The zero-order valence-electron chi connectivity index (χ0n) is 9.15. The van der Waals surface area contributed by atoms with Gasteiger partial charge >= 0.3 is 0 Å². The van der Waals surface area contributed by atoms with Crippen LogP contribution in [0.25, 0.3) is 0 Å². The maximum atomic E-state index is 8.23. The maximum Gasteiger partial charge on any atom is 0.141 e. The van der Waals surface area contributed by atoms with Gasteiger partial charge in [0, 0.05) is 26.7 Å². The average molecular weight is 220 g/mol. The van der Waals surface area contributed by atoms with E-state index in [1.54, 1.807) is 7.11 Å². The Morgan fingerprint density at radius 3 is 2.40 bits per heavy atom. The molecule has 0 aromatic carbocycles. The molecule has 0 fully saturated rings. The summed E-state index contributed by atoms with van der Waals surface area (Å²) in [7, 11) is 1.66. The lowest BCUT2D eigenvalue weighted by atomic mass is 10.4. The highest BCUT2D eigenvalue weighted by atomic mass is 16.5. The van der Waals surface area contributed by atoms with Gasteiger partial charge in [-0.1, -0.05) is 5.16 Å². The standard InChI is InChI=1S/C9H20N2O4/c1-13-4-2-5-14-7-8-15-6-3-9(10)11-12/h12H,2-8H2,1H3,(H2,10,11). The minimum Gasteiger partial charge on any atom is -0.409 e. The second kappa shape index (κ2) is 11.2. The van der Waals surface area contributed by atoms with Crippen molar-refractivity contribution in [2.24, 2.45) is 10.9 Å². The minimum atomic E-state index is 0.177. The van der Waals surface area contributed by atoms with Crippen molar-refractivity contribution in [1.29, 1.82) is 0 Å². The summed E-state index contributed by atoms with van der Waals surface area (Å²) in [5.74, 6) is 0.177. The van der Waals surface area contributed by atoms with Crippen LogP contribution in [0.2, 0.25) is 0 Å². The van der Waals surface area contributed by atoms with Crippen molar-refractivity contribution >= 4 is 5.84 Å². The van der Waals surface area contributed by atoms with Crippen LogP contribution >= 0.6 is 0 Å². The molecular formula is C9H20N2O4. The summed E-state index contributed by atoms with van der Waals surface area (Å²) in [6.45, 7) is 2.91. The highest BCUT2D eigenvalue weighted by Crippen LogP contribution is 1.86. The van der Waals surface area contributed by atoms with E-state index < -0.39 is 0 Å². The van der Waals surface area contributed by atoms with Crippen molar-refractivity contribution in [2.75, 3.05) is 40.1 Å². The second-order valence-corrected chi connectivity index (χ2v) is 2.91. The molecule has 3 N–H and O–H groups in total. The number of hydrogen-bond donors (Lipinski definition) is 2. The van der Waals surface area contributed by atoms with E-state index >= 15 is 0 Å². The molecule has 0 atom stereocenters. The zero-order chi connectivity index (χ0) is 11.4. The first-order valence-electron chi connectivity index (χ1n) is 4.92. The molecule has 0 amide bonds. The molecular weight excluding hydrogens is 200 g/mol. The molecule has 0 saturated heterocycles. The molecule has 6 nitrogen and oxygen atoms in total. The smallest absolute Gasteiger partial charge is 0.141 e. The number of amidine groups is 1. The average Bonchev–Trinajstić information content (AvgIpc) is 2.26. The Morgan fingerprint density at radius 1 is 1.13 bits per heavy atom. The van der Waals surface area contributed by atoms with Gasteiger partial charge in [0.25, 0.3) is 0 Å². The molecule has 15 heavy (non-hydrogen) atoms. The fraction of sp³-hybridized carbons (Fsp3) is 0.889. The summed E-state index contributed by atoms with van der Waals surface area (Å²) in [6.07, 6.45) is 1.32. The highest BCUT2D eigenvalue weighted by molar-refractivity contribution is 5.79. The lowest BCUT2D eigenvalue weighted by Gasteiger charge is -2.05. The number of oxime groups is 1. The van der Waals surface area contributed by atoms with Gasteiger partial charge < -0.3 is 25.2 Å². The first kappa shape index (κ1) is 14.2. The summed E-state index contributed by atoms with van der Waals surface area (Å²) in [5.41, 5.74) is 5.24. The van der Waals surface area contributed by atoms with Crippen LogP contribution in [0.15, 0.2) is 5.16 Å². The van der Waals surface area contributed by atoms with Crippen LogP contribution in [0.3, 0.4) is 0 Å². The third-order valence-corrected chi connectivity index (χ3v) is 1.64. The second-order valence-electron chi connectivity index (χ2n) is 2.91. The molecule has 0 aliphatic carbocycles. The zero-order valence-corrected chi connectivity index (χ0v) is 9.15. The topological polar surface area (TPSA) is 86.3 Å². The maximum absolute atomic E-state index is 8.23. The van der Waals surface area contributed by atoms with Crippen molar-refractivity contribution in [2.45, 2.75) is 12.8 Å². The monoisotopic (exact) mass is 220 g/mol. The molecule has 0 aliphatic rings. The number of hydrogen-bond acceptors (Lipinski definition) is 5. The van der Waals surface area contributed by atoms with Crippen LogP contribution < -0.4 is 5.73 Å². The molecule has 0 heterocycles. The van der Waals surface area contributed by atoms with Gasteiger partial charge in [-0.2, -0.15) is 0 Å². The summed E-state index contributed by atoms with van der Waals surface area (Å²) in [6, 6.07) is 0. The van der Waals surface area contributed by atoms with Gasteiger partial charge in [-0.25, -0.2) is 0 Å². The van der Waals surface area contributed by atoms with E-state index in [9.17, 15) is 0 Å². The number of ether oxygens (including phenoxy) is 3. The van der Waals surface area contributed by atoms with E-state index in [1.165, 1.54) is 0 Å². The Kier molecular flexibility index (Phi) is 10.6. The van der Waals surface area contributed by atoms with Gasteiger partial charge in [0.05, 0.1) is 19.8 Å². The van der Waals surface area contributed by atoms with Crippen LogP contribution in [0.5, 0.6) is 0 Å². The van der Waals surface area contributed by atoms with Gasteiger partial charge in [0.1, 0.15) is 5.84 Å². The van der Waals surface area contributed by atoms with Crippen molar-refractivity contribution in [1.82, 2.24) is 0 Å². The number of nitrogens with two attached hydrogens (primary N) is 1. The van der Waals surface area contributed by atoms with E-state index in [1.807, 2.05) is 0 Å². The molecule has 0 radical (unpaired) electrons. The van der Waals surface area contributed by atoms with Gasteiger partial charge in [-0.3, -0.25) is 0 Å². The molecule has 0 saturated carbocycles. The van der Waals surface area contributed by atoms with E-state index in [0.29, 0.717) is 39.5 Å². The predicted molar refractivity (Wildman–Crippen MR) is 56.2 cm³/mol. The fourth-order valence-corrected chi connectivity index (χ4v) is 0.854. The lowest BCUT2D eigenvalue weighted by Crippen LogP contribution is -2.15. The van der Waals surface area contributed by atoms with Crippen molar-refractivity contribution in [3.8, 4) is 0 Å². The van der Waals surface area contributed by atoms with Crippen LogP contribution in [0.4, 0.5) is 0 Å². The molecule has 0 aromatic heterocycles. The third-order valence-electron chi connectivity index (χ3n) is 1.64. The van der Waals surface area contributed by atoms with E-state index in [-0.39, 0.29) is 5.84 Å². The summed E-state index contributed by atoms with van der Waals surface area (Å²) >= 11 is 0. The van der Waals surface area contributed by atoms with Gasteiger partial charge in [-0.15, -0.1) is 0 Å². The van der Waals surface area contributed by atoms with Crippen molar-refractivity contribution in [3.05, 3.63) is 0 Å². The van der Waals surface area contributed by atoms with Crippen LogP contribution in [0, 0.1) is 0 Å². The van der Waals surface area contributed by atoms with Crippen molar-refractivity contribution < 1.29 is 19.4 Å². The highest BCUT2D eigenvalue weighted by Gasteiger charge is 1.94. The number of methoxy groups -OCH3 is 1. The van der Waals surface area contributed by atoms with Crippen molar-refractivity contribution in [3.63, 3.8) is 0 Å². The first-order chi connectivity index (χ1) is 7.31. The molecule has 90 valence electrons. The quantitative estimate of drug-likeness (QED) is 0.180. The Labute approximate surface area is 90.0 Å². The Hall–Kier alpha value is -0.850. The Balaban J connectivity index is 2.99. The van der Waals surface area contributed by atoms with Crippen LogP contribution in [0.1, 0.15) is 12.8 Å². The van der Waals surface area contributed by atoms with E-state index in [0.717, 1.165) is 6.42 Å². The number of rotatable bonds is 10. The summed E-state index contributed by atoms with van der Waals surface area (Å²) in [5, 5.41) is 11.1. The molecule has 0 spiro atoms.